The third-order valence-corrected chi connectivity index (χ3v) is 2.76. The zero-order chi connectivity index (χ0) is 13.2. The summed E-state index contributed by atoms with van der Waals surface area (Å²) in [6.45, 7) is 6.32. The summed E-state index contributed by atoms with van der Waals surface area (Å²) < 4.78 is 5.40. The van der Waals surface area contributed by atoms with Crippen LogP contribution in [0.3, 0.4) is 0 Å². The minimum atomic E-state index is -0.470. The van der Waals surface area contributed by atoms with Crippen LogP contribution in [0.2, 0.25) is 0 Å². The highest BCUT2D eigenvalue weighted by atomic mass is 16.6. The Bertz CT molecular complexity index is 414. The molecule has 1 aromatic heterocycles. The van der Waals surface area contributed by atoms with Crippen LogP contribution in [-0.2, 0) is 4.74 Å². The monoisotopic (exact) mass is 249 g/mol. The molecule has 1 atom stereocenters. The smallest absolute Gasteiger partial charge is 0.410 e. The molecule has 5 heteroatoms. The second-order valence-electron chi connectivity index (χ2n) is 5.44. The van der Waals surface area contributed by atoms with Crippen molar-refractivity contribution < 1.29 is 9.53 Å². The molecule has 0 aliphatic carbocycles. The summed E-state index contributed by atoms with van der Waals surface area (Å²) in [7, 11) is 0. The molecule has 0 spiro atoms. The summed E-state index contributed by atoms with van der Waals surface area (Å²) >= 11 is 0. The molecule has 0 bridgehead atoms. The number of ether oxygens (including phenoxy) is 1. The summed E-state index contributed by atoms with van der Waals surface area (Å²) in [6.07, 6.45) is 4.98. The minimum Gasteiger partial charge on any atom is -0.444 e. The van der Waals surface area contributed by atoms with Crippen LogP contribution in [0.1, 0.15) is 45.5 Å². The molecule has 0 N–H and O–H groups in total. The number of nitrogens with zero attached hydrogens (tertiary/aromatic N) is 3. The third-order valence-electron chi connectivity index (χ3n) is 2.76. The van der Waals surface area contributed by atoms with Crippen LogP contribution in [-0.4, -0.2) is 33.1 Å². The first-order valence-corrected chi connectivity index (χ1v) is 6.24. The van der Waals surface area contributed by atoms with Crippen molar-refractivity contribution in [2.75, 3.05) is 6.54 Å². The summed E-state index contributed by atoms with van der Waals surface area (Å²) in [5.41, 5.74) is -0.470. The number of rotatable bonds is 1. The number of likely N-dealkylation sites (tertiary alicyclic amines) is 1. The zero-order valence-electron chi connectivity index (χ0n) is 11.1. The second kappa shape index (κ2) is 4.92. The standard InChI is InChI=1S/C13H19N3O2/c1-13(2,3)18-12(17)16-9-4-6-10(16)11-14-7-5-8-15-11/h5,7-8,10H,4,6,9H2,1-3H3/t10-/m1/s1. The lowest BCUT2D eigenvalue weighted by molar-refractivity contribution is 0.0218. The Morgan fingerprint density at radius 3 is 2.67 bits per heavy atom. The molecule has 18 heavy (non-hydrogen) atoms. The fourth-order valence-electron chi connectivity index (χ4n) is 2.06. The van der Waals surface area contributed by atoms with Crippen molar-refractivity contribution in [3.63, 3.8) is 0 Å². The van der Waals surface area contributed by atoms with Gasteiger partial charge in [0.2, 0.25) is 0 Å². The summed E-state index contributed by atoms with van der Waals surface area (Å²) in [6, 6.07) is 1.72. The van der Waals surface area contributed by atoms with Crippen LogP contribution in [0, 0.1) is 0 Å². The molecule has 1 fully saturated rings. The van der Waals surface area contributed by atoms with Crippen molar-refractivity contribution in [3.8, 4) is 0 Å². The molecule has 5 nitrogen and oxygen atoms in total. The first-order chi connectivity index (χ1) is 8.47. The van der Waals surface area contributed by atoms with Gasteiger partial charge in [-0.3, -0.25) is 4.90 Å². The van der Waals surface area contributed by atoms with E-state index in [9.17, 15) is 4.79 Å². The van der Waals surface area contributed by atoms with Crippen LogP contribution in [0.25, 0.3) is 0 Å². The molecule has 0 saturated carbocycles. The molecule has 2 rings (SSSR count). The van der Waals surface area contributed by atoms with E-state index in [1.54, 1.807) is 23.4 Å². The Labute approximate surface area is 107 Å². The Morgan fingerprint density at radius 1 is 1.39 bits per heavy atom. The van der Waals surface area contributed by atoms with Gasteiger partial charge in [-0.2, -0.15) is 0 Å². The van der Waals surface area contributed by atoms with E-state index in [-0.39, 0.29) is 12.1 Å². The molecule has 1 saturated heterocycles. The van der Waals surface area contributed by atoms with Crippen LogP contribution < -0.4 is 0 Å². The van der Waals surface area contributed by atoms with E-state index in [1.807, 2.05) is 20.8 Å². The number of hydrogen-bond donors (Lipinski definition) is 0. The number of aromatic nitrogens is 2. The average Bonchev–Trinajstić information content (AvgIpc) is 2.76. The van der Waals surface area contributed by atoms with Gasteiger partial charge in [-0.25, -0.2) is 14.8 Å². The topological polar surface area (TPSA) is 55.3 Å². The van der Waals surface area contributed by atoms with Gasteiger partial charge < -0.3 is 4.74 Å². The lowest BCUT2D eigenvalue weighted by atomic mass is 10.2. The van der Waals surface area contributed by atoms with Gasteiger partial charge in [0.05, 0.1) is 6.04 Å². The van der Waals surface area contributed by atoms with E-state index in [4.69, 9.17) is 4.74 Å². The normalized spacial score (nSPS) is 19.9. The van der Waals surface area contributed by atoms with Gasteiger partial charge in [-0.1, -0.05) is 0 Å². The van der Waals surface area contributed by atoms with Crippen molar-refractivity contribution >= 4 is 6.09 Å². The first-order valence-electron chi connectivity index (χ1n) is 6.24. The van der Waals surface area contributed by atoms with E-state index in [1.165, 1.54) is 0 Å². The maximum atomic E-state index is 12.1. The number of hydrogen-bond acceptors (Lipinski definition) is 4. The van der Waals surface area contributed by atoms with E-state index in [2.05, 4.69) is 9.97 Å². The molecule has 2 heterocycles. The van der Waals surface area contributed by atoms with Crippen molar-refractivity contribution in [2.45, 2.75) is 45.3 Å². The molecular formula is C13H19N3O2. The molecule has 1 aliphatic rings. The van der Waals surface area contributed by atoms with Crippen LogP contribution in [0.15, 0.2) is 18.5 Å². The Morgan fingerprint density at radius 2 is 2.06 bits per heavy atom. The van der Waals surface area contributed by atoms with Crippen LogP contribution in [0.5, 0.6) is 0 Å². The predicted octanol–water partition coefficient (Wildman–Crippen LogP) is 2.55. The molecule has 0 radical (unpaired) electrons. The molecule has 1 aliphatic heterocycles. The maximum Gasteiger partial charge on any atom is 0.410 e. The van der Waals surface area contributed by atoms with E-state index >= 15 is 0 Å². The number of amides is 1. The lowest BCUT2D eigenvalue weighted by Gasteiger charge is -2.27. The van der Waals surface area contributed by atoms with Gasteiger partial charge in [0.25, 0.3) is 0 Å². The van der Waals surface area contributed by atoms with E-state index in [0.29, 0.717) is 12.4 Å². The van der Waals surface area contributed by atoms with Gasteiger partial charge >= 0.3 is 6.09 Å². The lowest BCUT2D eigenvalue weighted by Crippen LogP contribution is -2.36. The van der Waals surface area contributed by atoms with Crippen molar-refractivity contribution in [3.05, 3.63) is 24.3 Å². The summed E-state index contributed by atoms with van der Waals surface area (Å²) in [4.78, 5) is 22.3. The molecule has 0 aromatic carbocycles. The Balaban J connectivity index is 2.11. The molecule has 1 aromatic rings. The summed E-state index contributed by atoms with van der Waals surface area (Å²) in [5, 5.41) is 0. The predicted molar refractivity (Wildman–Crippen MR) is 66.9 cm³/mol. The maximum absolute atomic E-state index is 12.1. The SMILES string of the molecule is CC(C)(C)OC(=O)N1CCC[C@@H]1c1ncccn1. The van der Waals surface area contributed by atoms with Gasteiger partial charge in [0.15, 0.2) is 5.82 Å². The largest absolute Gasteiger partial charge is 0.444 e. The number of carbonyl (C=O) groups excluding carboxylic acids is 1. The quantitative estimate of drug-likeness (QED) is 0.767. The zero-order valence-corrected chi connectivity index (χ0v) is 11.1. The van der Waals surface area contributed by atoms with Crippen LogP contribution >= 0.6 is 0 Å². The van der Waals surface area contributed by atoms with Crippen molar-refractivity contribution in [1.29, 1.82) is 0 Å². The van der Waals surface area contributed by atoms with Gasteiger partial charge in [-0.15, -0.1) is 0 Å². The average molecular weight is 249 g/mol. The Kier molecular flexibility index (Phi) is 3.50. The van der Waals surface area contributed by atoms with Gasteiger partial charge in [-0.05, 0) is 39.7 Å². The molecule has 0 unspecified atom stereocenters. The molecule has 98 valence electrons. The highest BCUT2D eigenvalue weighted by molar-refractivity contribution is 5.69. The molecular weight excluding hydrogens is 230 g/mol. The molecule has 1 amide bonds. The fourth-order valence-corrected chi connectivity index (χ4v) is 2.06. The third kappa shape index (κ3) is 2.97. The van der Waals surface area contributed by atoms with Gasteiger partial charge in [0.1, 0.15) is 5.60 Å². The first kappa shape index (κ1) is 12.8. The second-order valence-corrected chi connectivity index (χ2v) is 5.44. The highest BCUT2D eigenvalue weighted by Crippen LogP contribution is 2.30. The van der Waals surface area contributed by atoms with Crippen molar-refractivity contribution in [2.24, 2.45) is 0 Å². The summed E-state index contributed by atoms with van der Waals surface area (Å²) in [5.74, 6) is 0.695. The highest BCUT2D eigenvalue weighted by Gasteiger charge is 2.34. The van der Waals surface area contributed by atoms with Crippen LogP contribution in [0.4, 0.5) is 4.79 Å². The fraction of sp³-hybridized carbons (Fsp3) is 0.615. The number of carbonyl (C=O) groups is 1. The Hall–Kier alpha value is -1.65. The van der Waals surface area contributed by atoms with Gasteiger partial charge in [0, 0.05) is 18.9 Å². The minimum absolute atomic E-state index is 0.0546. The van der Waals surface area contributed by atoms with E-state index < -0.39 is 5.60 Å². The van der Waals surface area contributed by atoms with E-state index in [0.717, 1.165) is 12.8 Å². The van der Waals surface area contributed by atoms with Crippen molar-refractivity contribution in [1.82, 2.24) is 14.9 Å².